The zero-order valence-electron chi connectivity index (χ0n) is 15.1. The molecule has 1 aliphatic rings. The maximum atomic E-state index is 13.1. The fourth-order valence-electron chi connectivity index (χ4n) is 2.87. The number of para-hydroxylation sites is 2. The van der Waals surface area contributed by atoms with Crippen molar-refractivity contribution in [2.75, 3.05) is 24.2 Å². The number of halogens is 3. The average molecular weight is 407 g/mol. The molecule has 0 radical (unpaired) electrons. The maximum Gasteiger partial charge on any atom is 0.418 e. The van der Waals surface area contributed by atoms with Crippen LogP contribution in [0.2, 0.25) is 0 Å². The number of likely N-dealkylation sites (tertiary alicyclic amines) is 1. The van der Waals surface area contributed by atoms with Gasteiger partial charge in [0.15, 0.2) is 5.17 Å². The SMILES string of the molecule is O=C(CSC(=Nc1ccccc1)N1CCCC1)Nc1ccccc1C(F)(F)F. The number of thioether (sulfide) groups is 1. The van der Waals surface area contributed by atoms with Gasteiger partial charge in [-0.1, -0.05) is 42.1 Å². The zero-order valence-corrected chi connectivity index (χ0v) is 15.9. The van der Waals surface area contributed by atoms with Crippen molar-refractivity contribution >= 4 is 34.2 Å². The Bertz CT molecular complexity index is 834. The molecule has 1 aliphatic heterocycles. The number of amides is 1. The van der Waals surface area contributed by atoms with E-state index in [4.69, 9.17) is 0 Å². The van der Waals surface area contributed by atoms with Crippen LogP contribution in [-0.4, -0.2) is 34.8 Å². The van der Waals surface area contributed by atoms with E-state index in [9.17, 15) is 18.0 Å². The molecular weight excluding hydrogens is 387 g/mol. The molecule has 1 fully saturated rings. The highest BCUT2D eigenvalue weighted by molar-refractivity contribution is 8.14. The van der Waals surface area contributed by atoms with Gasteiger partial charge in [0.2, 0.25) is 5.91 Å². The van der Waals surface area contributed by atoms with E-state index in [1.807, 2.05) is 30.3 Å². The Hall–Kier alpha value is -2.48. The fraction of sp³-hybridized carbons (Fsp3) is 0.300. The van der Waals surface area contributed by atoms with Crippen LogP contribution < -0.4 is 5.32 Å². The molecule has 148 valence electrons. The van der Waals surface area contributed by atoms with Crippen LogP contribution in [0.1, 0.15) is 18.4 Å². The number of nitrogens with zero attached hydrogens (tertiary/aromatic N) is 2. The third-order valence-electron chi connectivity index (χ3n) is 4.20. The molecule has 28 heavy (non-hydrogen) atoms. The summed E-state index contributed by atoms with van der Waals surface area (Å²) >= 11 is 1.24. The summed E-state index contributed by atoms with van der Waals surface area (Å²) in [4.78, 5) is 19.0. The Labute approximate surface area is 165 Å². The number of benzene rings is 2. The number of carbonyl (C=O) groups is 1. The Morgan fingerprint density at radius 3 is 2.36 bits per heavy atom. The monoisotopic (exact) mass is 407 g/mol. The van der Waals surface area contributed by atoms with Crippen molar-refractivity contribution in [2.24, 2.45) is 4.99 Å². The van der Waals surface area contributed by atoms with Crippen LogP contribution in [0.4, 0.5) is 24.5 Å². The van der Waals surface area contributed by atoms with Crippen molar-refractivity contribution in [3.05, 3.63) is 60.2 Å². The lowest BCUT2D eigenvalue weighted by molar-refractivity contribution is -0.137. The standard InChI is InChI=1S/C20H20F3N3OS/c21-20(22,23)16-10-4-5-11-17(16)25-18(27)14-28-19(26-12-6-7-13-26)24-15-8-2-1-3-9-15/h1-5,8-11H,6-7,12-14H2,(H,25,27). The number of rotatable bonds is 4. The summed E-state index contributed by atoms with van der Waals surface area (Å²) in [6, 6.07) is 14.4. The second-order valence-corrected chi connectivity index (χ2v) is 7.25. The van der Waals surface area contributed by atoms with Crippen molar-refractivity contribution in [1.82, 2.24) is 4.90 Å². The molecule has 3 rings (SSSR count). The molecule has 0 bridgehead atoms. The van der Waals surface area contributed by atoms with Gasteiger partial charge in [0.1, 0.15) is 0 Å². The largest absolute Gasteiger partial charge is 0.418 e. The number of hydrogen-bond acceptors (Lipinski definition) is 3. The smallest absolute Gasteiger partial charge is 0.351 e. The molecule has 1 heterocycles. The minimum atomic E-state index is -4.52. The third kappa shape index (κ3) is 5.51. The van der Waals surface area contributed by atoms with Crippen LogP contribution in [0, 0.1) is 0 Å². The number of hydrogen-bond donors (Lipinski definition) is 1. The van der Waals surface area contributed by atoms with Gasteiger partial charge in [0, 0.05) is 13.1 Å². The first-order valence-corrected chi connectivity index (χ1v) is 9.89. The summed E-state index contributed by atoms with van der Waals surface area (Å²) in [7, 11) is 0. The van der Waals surface area contributed by atoms with E-state index in [0.717, 1.165) is 37.7 Å². The van der Waals surface area contributed by atoms with Gasteiger partial charge in [-0.05, 0) is 37.1 Å². The number of aliphatic imine (C=N–C) groups is 1. The number of anilines is 1. The number of nitrogens with one attached hydrogen (secondary N) is 1. The molecule has 0 aromatic heterocycles. The molecule has 0 spiro atoms. The molecule has 0 saturated carbocycles. The first kappa shape index (κ1) is 20.3. The van der Waals surface area contributed by atoms with Crippen molar-refractivity contribution in [1.29, 1.82) is 0 Å². The quantitative estimate of drug-likeness (QED) is 0.562. The fourth-order valence-corrected chi connectivity index (χ4v) is 3.74. The summed E-state index contributed by atoms with van der Waals surface area (Å²) in [5.74, 6) is -0.518. The lowest BCUT2D eigenvalue weighted by Gasteiger charge is -2.19. The van der Waals surface area contributed by atoms with Crippen molar-refractivity contribution in [3.63, 3.8) is 0 Å². The van der Waals surface area contributed by atoms with Crippen molar-refractivity contribution < 1.29 is 18.0 Å². The summed E-state index contributed by atoms with van der Waals surface area (Å²) in [5.41, 5.74) is -0.311. The lowest BCUT2D eigenvalue weighted by Crippen LogP contribution is -2.27. The zero-order chi connectivity index (χ0) is 20.0. The number of amidine groups is 1. The highest BCUT2D eigenvalue weighted by Gasteiger charge is 2.33. The normalized spacial score (nSPS) is 15.0. The van der Waals surface area contributed by atoms with Crippen molar-refractivity contribution in [3.8, 4) is 0 Å². The van der Waals surface area contributed by atoms with Gasteiger partial charge in [0.05, 0.1) is 22.7 Å². The van der Waals surface area contributed by atoms with E-state index in [1.165, 1.54) is 30.0 Å². The number of alkyl halides is 3. The van der Waals surface area contributed by atoms with Crippen LogP contribution in [0.3, 0.4) is 0 Å². The van der Waals surface area contributed by atoms with Gasteiger partial charge < -0.3 is 10.2 Å². The molecule has 0 aliphatic carbocycles. The van der Waals surface area contributed by atoms with E-state index in [-0.39, 0.29) is 11.4 Å². The topological polar surface area (TPSA) is 44.7 Å². The Morgan fingerprint density at radius 2 is 1.68 bits per heavy atom. The molecule has 0 unspecified atom stereocenters. The summed E-state index contributed by atoms with van der Waals surface area (Å²) in [6.45, 7) is 1.72. The van der Waals surface area contributed by atoms with Crippen LogP contribution >= 0.6 is 11.8 Å². The molecular formula is C20H20F3N3OS. The molecule has 1 amide bonds. The van der Waals surface area contributed by atoms with Gasteiger partial charge >= 0.3 is 6.18 Å². The first-order valence-electron chi connectivity index (χ1n) is 8.91. The Morgan fingerprint density at radius 1 is 1.04 bits per heavy atom. The van der Waals surface area contributed by atoms with E-state index < -0.39 is 17.6 Å². The molecule has 2 aromatic carbocycles. The Balaban J connectivity index is 1.68. The first-order chi connectivity index (χ1) is 13.4. The van der Waals surface area contributed by atoms with Crippen LogP contribution in [0.15, 0.2) is 59.6 Å². The van der Waals surface area contributed by atoms with E-state index in [0.29, 0.717) is 5.17 Å². The van der Waals surface area contributed by atoms with E-state index >= 15 is 0 Å². The highest BCUT2D eigenvalue weighted by Crippen LogP contribution is 2.34. The van der Waals surface area contributed by atoms with Gasteiger partial charge in [-0.15, -0.1) is 0 Å². The van der Waals surface area contributed by atoms with Crippen molar-refractivity contribution in [2.45, 2.75) is 19.0 Å². The highest BCUT2D eigenvalue weighted by atomic mass is 32.2. The number of carbonyl (C=O) groups excluding carboxylic acids is 1. The van der Waals surface area contributed by atoms with Gasteiger partial charge in [-0.2, -0.15) is 13.2 Å². The molecule has 8 heteroatoms. The van der Waals surface area contributed by atoms with E-state index in [2.05, 4.69) is 15.2 Å². The Kier molecular flexibility index (Phi) is 6.61. The van der Waals surface area contributed by atoms with Gasteiger partial charge in [-0.3, -0.25) is 4.79 Å². The van der Waals surface area contributed by atoms with Gasteiger partial charge in [-0.25, -0.2) is 4.99 Å². The predicted molar refractivity (Wildman–Crippen MR) is 107 cm³/mol. The summed E-state index contributed by atoms with van der Waals surface area (Å²) in [6.07, 6.45) is -2.41. The second kappa shape index (κ2) is 9.14. The van der Waals surface area contributed by atoms with E-state index in [1.54, 1.807) is 0 Å². The predicted octanol–water partition coefficient (Wildman–Crippen LogP) is 5.16. The minimum absolute atomic E-state index is 0.0195. The lowest BCUT2D eigenvalue weighted by atomic mass is 10.1. The third-order valence-corrected chi connectivity index (χ3v) is 5.21. The van der Waals surface area contributed by atoms with Gasteiger partial charge in [0.25, 0.3) is 0 Å². The maximum absolute atomic E-state index is 13.1. The van der Waals surface area contributed by atoms with Crippen LogP contribution in [0.5, 0.6) is 0 Å². The van der Waals surface area contributed by atoms with Crippen LogP contribution in [-0.2, 0) is 11.0 Å². The molecule has 4 nitrogen and oxygen atoms in total. The molecule has 2 aromatic rings. The summed E-state index contributed by atoms with van der Waals surface area (Å²) < 4.78 is 39.2. The minimum Gasteiger partial charge on any atom is -0.351 e. The second-order valence-electron chi connectivity index (χ2n) is 6.30. The summed E-state index contributed by atoms with van der Waals surface area (Å²) in [5, 5.41) is 3.08. The molecule has 1 N–H and O–H groups in total. The molecule has 1 saturated heterocycles. The van der Waals surface area contributed by atoms with Crippen LogP contribution in [0.25, 0.3) is 0 Å². The average Bonchev–Trinajstić information content (AvgIpc) is 3.20. The molecule has 0 atom stereocenters.